The third kappa shape index (κ3) is 8.11. The highest BCUT2D eigenvalue weighted by Gasteiger charge is 2.26. The lowest BCUT2D eigenvalue weighted by Gasteiger charge is -2.28. The Labute approximate surface area is 156 Å². The monoisotopic (exact) mass is 376 g/mol. The molecule has 1 aliphatic heterocycles. The van der Waals surface area contributed by atoms with E-state index >= 15 is 0 Å². The summed E-state index contributed by atoms with van der Waals surface area (Å²) in [5.74, 6) is 0.853. The number of rotatable bonds is 5. The minimum Gasteiger partial charge on any atom is -0.497 e. The van der Waals surface area contributed by atoms with Gasteiger partial charge < -0.3 is 9.47 Å². The van der Waals surface area contributed by atoms with Crippen LogP contribution in [0.4, 0.5) is 4.79 Å². The zero-order valence-corrected chi connectivity index (χ0v) is 17.0. The molecule has 142 valence electrons. The molecule has 1 atom stereocenters. The number of hydrogen-bond acceptors (Lipinski definition) is 5. The Morgan fingerprint density at radius 3 is 2.54 bits per heavy atom. The van der Waals surface area contributed by atoms with Crippen molar-refractivity contribution in [3.63, 3.8) is 0 Å². The molecule has 0 spiro atoms. The van der Waals surface area contributed by atoms with E-state index in [0.717, 1.165) is 11.8 Å². The zero-order valence-electron chi connectivity index (χ0n) is 16.0. The number of pyridine rings is 1. The minimum absolute atomic E-state index is 0.00560. The molecule has 1 aromatic heterocycles. The summed E-state index contributed by atoms with van der Waals surface area (Å²) in [7, 11) is 0.436. The highest BCUT2D eigenvalue weighted by atomic mass is 28.3. The molecule has 1 amide bonds. The summed E-state index contributed by atoms with van der Waals surface area (Å²) in [5, 5.41) is 0. The summed E-state index contributed by atoms with van der Waals surface area (Å²) >= 11 is 0. The minimum atomic E-state index is -1.20. The number of methoxy groups -OCH3 is 1. The number of aromatic nitrogens is 1. The van der Waals surface area contributed by atoms with Crippen molar-refractivity contribution in [2.75, 3.05) is 13.7 Å². The maximum absolute atomic E-state index is 11.9. The number of carbonyl (C=O) groups is 2. The van der Waals surface area contributed by atoms with E-state index in [4.69, 9.17) is 9.47 Å². The zero-order chi connectivity index (χ0) is 19.6. The number of allylic oxidation sites excluding steroid dienone is 1. The van der Waals surface area contributed by atoms with Gasteiger partial charge in [0.15, 0.2) is 5.78 Å². The van der Waals surface area contributed by atoms with Crippen LogP contribution in [0, 0.1) is 0 Å². The summed E-state index contributed by atoms with van der Waals surface area (Å²) < 4.78 is 10.1. The van der Waals surface area contributed by atoms with Gasteiger partial charge in [-0.15, -0.1) is 6.58 Å². The number of amides is 1. The lowest BCUT2D eigenvalue weighted by atomic mass is 10.1. The van der Waals surface area contributed by atoms with E-state index in [2.05, 4.69) is 31.2 Å². The van der Waals surface area contributed by atoms with E-state index in [1.807, 2.05) is 0 Å². The van der Waals surface area contributed by atoms with E-state index in [-0.39, 0.29) is 18.2 Å². The Bertz CT molecular complexity index is 626. The van der Waals surface area contributed by atoms with E-state index in [0.29, 0.717) is 6.61 Å². The van der Waals surface area contributed by atoms with Crippen molar-refractivity contribution in [2.24, 2.45) is 0 Å². The molecular weight excluding hydrogens is 348 g/mol. The van der Waals surface area contributed by atoms with E-state index in [1.54, 1.807) is 37.7 Å². The van der Waals surface area contributed by atoms with Gasteiger partial charge in [0.1, 0.15) is 5.75 Å². The molecule has 0 aromatic carbocycles. The highest BCUT2D eigenvalue weighted by Crippen LogP contribution is 2.15. The predicted octanol–water partition coefficient (Wildman–Crippen LogP) is 3.89. The third-order valence-corrected chi connectivity index (χ3v) is 5.34. The summed E-state index contributed by atoms with van der Waals surface area (Å²) in [6.45, 7) is 10.8. The lowest BCUT2D eigenvalue weighted by Crippen LogP contribution is -2.39. The van der Waals surface area contributed by atoms with Gasteiger partial charge in [-0.1, -0.05) is 25.7 Å². The van der Waals surface area contributed by atoms with Crippen LogP contribution < -0.4 is 4.74 Å². The van der Waals surface area contributed by atoms with Crippen molar-refractivity contribution >= 4 is 20.0 Å². The number of ketones is 1. The molecule has 0 radical (unpaired) electrons. The fraction of sp³-hybridized carbons (Fsp3) is 0.421. The van der Waals surface area contributed by atoms with Gasteiger partial charge in [-0.3, -0.25) is 14.7 Å². The van der Waals surface area contributed by atoms with Crippen LogP contribution in [0.15, 0.2) is 49.5 Å². The SMILES string of the molecule is C=CC1CC(=O)C=CN1C(=O)OCC[Si](C)(C)C.COc1ccncc1. The van der Waals surface area contributed by atoms with Crippen molar-refractivity contribution < 1.29 is 19.1 Å². The van der Waals surface area contributed by atoms with Crippen LogP contribution >= 0.6 is 0 Å². The summed E-state index contributed by atoms with van der Waals surface area (Å²) in [5.41, 5.74) is 0. The smallest absolute Gasteiger partial charge is 0.414 e. The summed E-state index contributed by atoms with van der Waals surface area (Å²) in [4.78, 5) is 28.3. The average molecular weight is 377 g/mol. The van der Waals surface area contributed by atoms with Crippen LogP contribution in [0.25, 0.3) is 0 Å². The molecule has 26 heavy (non-hydrogen) atoms. The van der Waals surface area contributed by atoms with Crippen LogP contribution in [0.2, 0.25) is 25.7 Å². The van der Waals surface area contributed by atoms with Gasteiger partial charge in [0.2, 0.25) is 0 Å². The molecule has 0 fully saturated rings. The largest absolute Gasteiger partial charge is 0.497 e. The summed E-state index contributed by atoms with van der Waals surface area (Å²) in [6.07, 6.45) is 7.75. The molecular formula is C19H28N2O4Si. The number of hydrogen-bond donors (Lipinski definition) is 0. The van der Waals surface area contributed by atoms with Gasteiger partial charge in [-0.2, -0.15) is 0 Å². The molecule has 6 nitrogen and oxygen atoms in total. The molecule has 0 saturated heterocycles. The normalized spacial score (nSPS) is 16.4. The topological polar surface area (TPSA) is 68.7 Å². The number of nitrogens with zero attached hydrogens (tertiary/aromatic N) is 2. The van der Waals surface area contributed by atoms with Crippen molar-refractivity contribution in [1.29, 1.82) is 0 Å². The second-order valence-corrected chi connectivity index (χ2v) is 12.6. The standard InChI is InChI=1S/C13H21NO3Si.C6H7NO/c1-5-11-10-12(15)6-7-14(11)13(16)17-8-9-18(2,3)4;1-8-6-2-4-7-5-3-6/h5-7,11H,1,8-10H2,2-4H3;2-5H,1H3. The molecule has 0 bridgehead atoms. The van der Waals surface area contributed by atoms with Gasteiger partial charge >= 0.3 is 6.09 Å². The Kier molecular flexibility index (Phi) is 8.78. The summed E-state index contributed by atoms with van der Waals surface area (Å²) in [6, 6.07) is 4.26. The fourth-order valence-electron chi connectivity index (χ4n) is 2.03. The first-order chi connectivity index (χ1) is 12.3. The van der Waals surface area contributed by atoms with Gasteiger partial charge in [0.25, 0.3) is 0 Å². The maximum atomic E-state index is 11.9. The Balaban J connectivity index is 0.000000350. The fourth-order valence-corrected chi connectivity index (χ4v) is 2.75. The Morgan fingerprint density at radius 2 is 2.04 bits per heavy atom. The predicted molar refractivity (Wildman–Crippen MR) is 105 cm³/mol. The average Bonchev–Trinajstić information content (AvgIpc) is 2.61. The quantitative estimate of drug-likeness (QED) is 0.576. The van der Waals surface area contributed by atoms with Crippen LogP contribution in [0.5, 0.6) is 5.75 Å². The second-order valence-electron chi connectivity index (χ2n) is 7.01. The van der Waals surface area contributed by atoms with Crippen molar-refractivity contribution in [3.05, 3.63) is 49.5 Å². The molecule has 0 N–H and O–H groups in total. The highest BCUT2D eigenvalue weighted by molar-refractivity contribution is 6.76. The number of ether oxygens (including phenoxy) is 2. The third-order valence-electron chi connectivity index (χ3n) is 3.63. The van der Waals surface area contributed by atoms with Crippen LogP contribution in [-0.2, 0) is 9.53 Å². The first-order valence-electron chi connectivity index (χ1n) is 8.49. The number of carbonyl (C=O) groups excluding carboxylic acids is 2. The van der Waals surface area contributed by atoms with E-state index in [9.17, 15) is 9.59 Å². The molecule has 2 heterocycles. The lowest BCUT2D eigenvalue weighted by molar-refractivity contribution is -0.115. The molecule has 1 unspecified atom stereocenters. The van der Waals surface area contributed by atoms with Gasteiger partial charge in [0, 0.05) is 33.1 Å². The van der Waals surface area contributed by atoms with Crippen LogP contribution in [0.3, 0.4) is 0 Å². The van der Waals surface area contributed by atoms with E-state index in [1.165, 1.54) is 17.2 Å². The van der Waals surface area contributed by atoms with Crippen molar-refractivity contribution in [2.45, 2.75) is 38.1 Å². The Hall–Kier alpha value is -2.41. The van der Waals surface area contributed by atoms with Crippen molar-refractivity contribution in [1.82, 2.24) is 9.88 Å². The van der Waals surface area contributed by atoms with E-state index < -0.39 is 14.2 Å². The second kappa shape index (κ2) is 10.5. The van der Waals surface area contributed by atoms with Crippen LogP contribution in [0.1, 0.15) is 6.42 Å². The molecule has 1 aromatic rings. The molecule has 7 heteroatoms. The maximum Gasteiger partial charge on any atom is 0.414 e. The van der Waals surface area contributed by atoms with Crippen molar-refractivity contribution in [3.8, 4) is 5.75 Å². The van der Waals surface area contributed by atoms with Gasteiger partial charge in [0.05, 0.1) is 19.8 Å². The Morgan fingerprint density at radius 1 is 1.38 bits per heavy atom. The molecule has 2 rings (SSSR count). The first-order valence-corrected chi connectivity index (χ1v) is 12.2. The van der Waals surface area contributed by atoms with Gasteiger partial charge in [-0.05, 0) is 24.3 Å². The first kappa shape index (κ1) is 21.6. The molecule has 0 aliphatic carbocycles. The van der Waals surface area contributed by atoms with Crippen LogP contribution in [-0.4, -0.2) is 49.6 Å². The molecule has 1 aliphatic rings. The molecule has 0 saturated carbocycles. The van der Waals surface area contributed by atoms with Gasteiger partial charge in [-0.25, -0.2) is 4.79 Å².